The Labute approximate surface area is 107 Å². The minimum absolute atomic E-state index is 0.0752. The van der Waals surface area contributed by atoms with Crippen LogP contribution in [0.15, 0.2) is 18.3 Å². The number of anilines is 1. The summed E-state index contributed by atoms with van der Waals surface area (Å²) in [7, 11) is -3.06. The number of aromatic nitrogens is 1. The molecule has 1 heterocycles. The van der Waals surface area contributed by atoms with Crippen molar-refractivity contribution in [1.82, 2.24) is 10.3 Å². The first kappa shape index (κ1) is 14.4. The van der Waals surface area contributed by atoms with E-state index in [0.717, 1.165) is 18.5 Å². The molecule has 0 unspecified atom stereocenters. The molecule has 7 heteroatoms. The van der Waals surface area contributed by atoms with Crippen molar-refractivity contribution < 1.29 is 13.2 Å². The molecule has 0 atom stereocenters. The summed E-state index contributed by atoms with van der Waals surface area (Å²) in [4.78, 5) is 15.6. The highest BCUT2D eigenvalue weighted by Crippen LogP contribution is 2.05. The van der Waals surface area contributed by atoms with Crippen LogP contribution in [0, 0.1) is 0 Å². The van der Waals surface area contributed by atoms with Crippen LogP contribution < -0.4 is 10.6 Å². The lowest BCUT2D eigenvalue weighted by Gasteiger charge is -2.05. The van der Waals surface area contributed by atoms with Gasteiger partial charge in [-0.1, -0.05) is 0 Å². The average Bonchev–Trinajstić information content (AvgIpc) is 2.28. The number of nitrogens with zero attached hydrogens (tertiary/aromatic N) is 1. The van der Waals surface area contributed by atoms with Crippen LogP contribution in [0.1, 0.15) is 17.4 Å². The molecule has 0 spiro atoms. The molecule has 1 aromatic heterocycles. The van der Waals surface area contributed by atoms with Crippen molar-refractivity contribution in [3.63, 3.8) is 0 Å². The Morgan fingerprint density at radius 2 is 2.11 bits per heavy atom. The molecule has 18 heavy (non-hydrogen) atoms. The van der Waals surface area contributed by atoms with Gasteiger partial charge in [-0.2, -0.15) is 0 Å². The van der Waals surface area contributed by atoms with Crippen molar-refractivity contribution in [3.05, 3.63) is 24.0 Å². The Morgan fingerprint density at radius 1 is 1.39 bits per heavy atom. The van der Waals surface area contributed by atoms with E-state index >= 15 is 0 Å². The Hall–Kier alpha value is -1.63. The summed E-state index contributed by atoms with van der Waals surface area (Å²) in [6, 6.07) is 3.34. The van der Waals surface area contributed by atoms with E-state index in [1.54, 1.807) is 18.3 Å². The highest BCUT2D eigenvalue weighted by molar-refractivity contribution is 7.90. The zero-order valence-corrected chi connectivity index (χ0v) is 11.3. The standard InChI is InChI=1S/C11H17N3O3S/c1-3-12-9-4-5-10(14-8-9)11(15)13-6-7-18(2,16)17/h4-5,8,12H,3,6-7H2,1-2H3,(H,13,15). The van der Waals surface area contributed by atoms with Gasteiger partial charge in [0, 0.05) is 19.3 Å². The summed E-state index contributed by atoms with van der Waals surface area (Å²) in [6.45, 7) is 2.84. The quantitative estimate of drug-likeness (QED) is 0.776. The van der Waals surface area contributed by atoms with E-state index in [4.69, 9.17) is 0 Å². The molecule has 0 aliphatic rings. The third-order valence-electron chi connectivity index (χ3n) is 2.14. The molecule has 0 fully saturated rings. The van der Waals surface area contributed by atoms with Crippen LogP contribution in [0.5, 0.6) is 0 Å². The number of carbonyl (C=O) groups excluding carboxylic acids is 1. The van der Waals surface area contributed by atoms with E-state index in [1.165, 1.54) is 0 Å². The van der Waals surface area contributed by atoms with Gasteiger partial charge in [0.1, 0.15) is 15.5 Å². The first-order chi connectivity index (χ1) is 8.42. The van der Waals surface area contributed by atoms with E-state index in [9.17, 15) is 13.2 Å². The lowest BCUT2D eigenvalue weighted by molar-refractivity contribution is 0.0951. The Balaban J connectivity index is 2.51. The predicted octanol–water partition coefficient (Wildman–Crippen LogP) is 0.288. The van der Waals surface area contributed by atoms with Gasteiger partial charge in [-0.05, 0) is 19.1 Å². The molecule has 1 aromatic rings. The van der Waals surface area contributed by atoms with Gasteiger partial charge >= 0.3 is 0 Å². The molecule has 6 nitrogen and oxygen atoms in total. The Morgan fingerprint density at radius 3 is 2.61 bits per heavy atom. The number of amides is 1. The molecule has 0 bridgehead atoms. The summed E-state index contributed by atoms with van der Waals surface area (Å²) in [5.41, 5.74) is 1.11. The van der Waals surface area contributed by atoms with Crippen LogP contribution in [0.4, 0.5) is 5.69 Å². The van der Waals surface area contributed by atoms with Gasteiger partial charge in [0.05, 0.1) is 17.6 Å². The van der Waals surface area contributed by atoms with E-state index in [1.807, 2.05) is 6.92 Å². The maximum Gasteiger partial charge on any atom is 0.269 e. The van der Waals surface area contributed by atoms with Gasteiger partial charge in [0.25, 0.3) is 5.91 Å². The molecule has 0 saturated carbocycles. The number of pyridine rings is 1. The number of nitrogens with one attached hydrogen (secondary N) is 2. The summed E-state index contributed by atoms with van der Waals surface area (Å²) < 4.78 is 21.8. The average molecular weight is 271 g/mol. The Bertz CT molecular complexity index is 497. The molecule has 2 N–H and O–H groups in total. The van der Waals surface area contributed by atoms with Crippen LogP contribution in [0.2, 0.25) is 0 Å². The lowest BCUT2D eigenvalue weighted by atomic mass is 10.3. The van der Waals surface area contributed by atoms with Crippen molar-refractivity contribution in [3.8, 4) is 0 Å². The molecule has 1 rings (SSSR count). The van der Waals surface area contributed by atoms with Gasteiger partial charge in [-0.15, -0.1) is 0 Å². The highest BCUT2D eigenvalue weighted by Gasteiger charge is 2.08. The minimum Gasteiger partial charge on any atom is -0.384 e. The molecular weight excluding hydrogens is 254 g/mol. The van der Waals surface area contributed by atoms with Crippen molar-refractivity contribution in [1.29, 1.82) is 0 Å². The number of rotatable bonds is 6. The molecule has 1 amide bonds. The molecule has 0 aliphatic heterocycles. The van der Waals surface area contributed by atoms with Gasteiger partial charge in [0.2, 0.25) is 0 Å². The van der Waals surface area contributed by atoms with Gasteiger partial charge < -0.3 is 10.6 Å². The zero-order chi connectivity index (χ0) is 13.6. The van der Waals surface area contributed by atoms with E-state index in [2.05, 4.69) is 15.6 Å². The minimum atomic E-state index is -3.06. The van der Waals surface area contributed by atoms with Crippen LogP contribution in [0.25, 0.3) is 0 Å². The third-order valence-corrected chi connectivity index (χ3v) is 3.08. The largest absolute Gasteiger partial charge is 0.384 e. The van der Waals surface area contributed by atoms with Crippen LogP contribution >= 0.6 is 0 Å². The second kappa shape index (κ2) is 6.34. The van der Waals surface area contributed by atoms with Gasteiger partial charge in [0.15, 0.2) is 0 Å². The van der Waals surface area contributed by atoms with Crippen LogP contribution in [-0.2, 0) is 9.84 Å². The molecule has 0 aliphatic carbocycles. The summed E-state index contributed by atoms with van der Waals surface area (Å²) in [6.07, 6.45) is 2.69. The maximum absolute atomic E-state index is 11.6. The zero-order valence-electron chi connectivity index (χ0n) is 10.4. The summed E-state index contributed by atoms with van der Waals surface area (Å²) in [5, 5.41) is 5.57. The number of hydrogen-bond acceptors (Lipinski definition) is 5. The van der Waals surface area contributed by atoms with Crippen molar-refractivity contribution in [2.24, 2.45) is 0 Å². The van der Waals surface area contributed by atoms with Crippen LogP contribution in [-0.4, -0.2) is 44.4 Å². The predicted molar refractivity (Wildman–Crippen MR) is 70.4 cm³/mol. The SMILES string of the molecule is CCNc1ccc(C(=O)NCCS(C)(=O)=O)nc1. The monoisotopic (exact) mass is 271 g/mol. The first-order valence-corrected chi connectivity index (χ1v) is 7.64. The van der Waals surface area contributed by atoms with E-state index in [0.29, 0.717) is 0 Å². The second-order valence-electron chi connectivity index (χ2n) is 3.85. The topological polar surface area (TPSA) is 88.2 Å². The van der Waals surface area contributed by atoms with Crippen molar-refractivity contribution >= 4 is 21.4 Å². The number of hydrogen-bond donors (Lipinski definition) is 2. The highest BCUT2D eigenvalue weighted by atomic mass is 32.2. The van der Waals surface area contributed by atoms with Gasteiger partial charge in [-0.3, -0.25) is 4.79 Å². The molecule has 0 aromatic carbocycles. The summed E-state index contributed by atoms with van der Waals surface area (Å²) in [5.74, 6) is -0.449. The van der Waals surface area contributed by atoms with E-state index < -0.39 is 9.84 Å². The van der Waals surface area contributed by atoms with Gasteiger partial charge in [-0.25, -0.2) is 13.4 Å². The fraction of sp³-hybridized carbons (Fsp3) is 0.455. The van der Waals surface area contributed by atoms with Crippen LogP contribution in [0.3, 0.4) is 0 Å². The second-order valence-corrected chi connectivity index (χ2v) is 6.11. The maximum atomic E-state index is 11.6. The third kappa shape index (κ3) is 5.13. The normalized spacial score (nSPS) is 11.0. The first-order valence-electron chi connectivity index (χ1n) is 5.58. The van der Waals surface area contributed by atoms with Crippen molar-refractivity contribution in [2.45, 2.75) is 6.92 Å². The number of carbonyl (C=O) groups is 1. The fourth-order valence-corrected chi connectivity index (χ4v) is 1.75. The van der Waals surface area contributed by atoms with E-state index in [-0.39, 0.29) is 23.9 Å². The Kier molecular flexibility index (Phi) is 5.08. The lowest BCUT2D eigenvalue weighted by Crippen LogP contribution is -2.29. The summed E-state index contributed by atoms with van der Waals surface area (Å²) >= 11 is 0. The molecule has 100 valence electrons. The fourth-order valence-electron chi connectivity index (χ4n) is 1.28. The number of sulfone groups is 1. The molecule has 0 radical (unpaired) electrons. The smallest absolute Gasteiger partial charge is 0.269 e. The van der Waals surface area contributed by atoms with Crippen molar-refractivity contribution in [2.75, 3.05) is 30.4 Å². The molecular formula is C11H17N3O3S. The molecule has 0 saturated heterocycles.